The molecule has 0 unspecified atom stereocenters. The third-order valence-electron chi connectivity index (χ3n) is 4.40. The van der Waals surface area contributed by atoms with Crippen LogP contribution in [-0.2, 0) is 6.42 Å². The highest BCUT2D eigenvalue weighted by molar-refractivity contribution is 5.76. The van der Waals surface area contributed by atoms with Crippen molar-refractivity contribution >= 4 is 11.0 Å². The molecule has 0 saturated heterocycles. The van der Waals surface area contributed by atoms with Crippen LogP contribution in [0.5, 0.6) is 11.6 Å². The fourth-order valence-corrected chi connectivity index (χ4v) is 2.95. The molecule has 0 aliphatic heterocycles. The molecule has 0 atom stereocenters. The van der Waals surface area contributed by atoms with Gasteiger partial charge < -0.3 is 9.47 Å². The first-order chi connectivity index (χ1) is 11.3. The number of rotatable bonds is 9. The molecule has 0 spiro atoms. The quantitative estimate of drug-likeness (QED) is 0.637. The molecule has 1 aliphatic carbocycles. The van der Waals surface area contributed by atoms with E-state index in [1.54, 1.807) is 7.11 Å². The second-order valence-corrected chi connectivity index (χ2v) is 6.31. The SMILES string of the molecule is CCOc1ccc2nc(CCCCCC3CC3)c(OC)nc2c1. The number of aryl methyl sites for hydroxylation is 1. The number of ether oxygens (including phenoxy) is 2. The van der Waals surface area contributed by atoms with Crippen LogP contribution >= 0.6 is 0 Å². The lowest BCUT2D eigenvalue weighted by Crippen LogP contribution is -2.01. The largest absolute Gasteiger partial charge is 0.494 e. The van der Waals surface area contributed by atoms with Crippen molar-refractivity contribution in [1.29, 1.82) is 0 Å². The summed E-state index contributed by atoms with van der Waals surface area (Å²) in [6, 6.07) is 5.85. The van der Waals surface area contributed by atoms with Gasteiger partial charge >= 0.3 is 0 Å². The Bertz CT molecular complexity index is 653. The Morgan fingerprint density at radius 2 is 1.96 bits per heavy atom. The molecule has 0 N–H and O–H groups in total. The van der Waals surface area contributed by atoms with Crippen LogP contribution in [0.25, 0.3) is 11.0 Å². The van der Waals surface area contributed by atoms with Crippen molar-refractivity contribution in [2.45, 2.75) is 51.9 Å². The fraction of sp³-hybridized carbons (Fsp3) is 0.579. The molecule has 1 saturated carbocycles. The van der Waals surface area contributed by atoms with Gasteiger partial charge in [-0.1, -0.05) is 32.1 Å². The number of nitrogens with zero attached hydrogens (tertiary/aromatic N) is 2. The minimum Gasteiger partial charge on any atom is -0.494 e. The molecule has 1 aromatic heterocycles. The van der Waals surface area contributed by atoms with Crippen molar-refractivity contribution in [3.63, 3.8) is 0 Å². The van der Waals surface area contributed by atoms with Crippen molar-refractivity contribution in [3.05, 3.63) is 23.9 Å². The average molecular weight is 314 g/mol. The molecule has 1 fully saturated rings. The van der Waals surface area contributed by atoms with Gasteiger partial charge in [0.25, 0.3) is 0 Å². The molecular formula is C19H26N2O2. The summed E-state index contributed by atoms with van der Waals surface area (Å²) in [6.07, 6.45) is 9.00. The highest BCUT2D eigenvalue weighted by atomic mass is 16.5. The first kappa shape index (κ1) is 16.0. The maximum absolute atomic E-state index is 5.53. The van der Waals surface area contributed by atoms with Crippen LogP contribution in [-0.4, -0.2) is 23.7 Å². The molecule has 4 nitrogen and oxygen atoms in total. The van der Waals surface area contributed by atoms with E-state index in [-0.39, 0.29) is 0 Å². The van der Waals surface area contributed by atoms with Gasteiger partial charge in [-0.05, 0) is 37.8 Å². The molecule has 0 radical (unpaired) electrons. The number of fused-ring (bicyclic) bond motifs is 1. The van der Waals surface area contributed by atoms with Gasteiger partial charge in [0.05, 0.1) is 24.8 Å². The molecule has 1 aliphatic rings. The van der Waals surface area contributed by atoms with Gasteiger partial charge in [0.2, 0.25) is 5.88 Å². The van der Waals surface area contributed by atoms with Crippen molar-refractivity contribution in [2.24, 2.45) is 5.92 Å². The fourth-order valence-electron chi connectivity index (χ4n) is 2.95. The van der Waals surface area contributed by atoms with Gasteiger partial charge in [-0.2, -0.15) is 0 Å². The summed E-state index contributed by atoms with van der Waals surface area (Å²) in [5.74, 6) is 2.50. The zero-order valence-corrected chi connectivity index (χ0v) is 14.2. The van der Waals surface area contributed by atoms with Gasteiger partial charge in [0.15, 0.2) is 0 Å². The van der Waals surface area contributed by atoms with Crippen LogP contribution in [0.4, 0.5) is 0 Å². The van der Waals surface area contributed by atoms with E-state index in [0.29, 0.717) is 12.5 Å². The van der Waals surface area contributed by atoms with Gasteiger partial charge in [-0.15, -0.1) is 0 Å². The van der Waals surface area contributed by atoms with E-state index in [4.69, 9.17) is 14.5 Å². The first-order valence-corrected chi connectivity index (χ1v) is 8.77. The summed E-state index contributed by atoms with van der Waals surface area (Å²) in [5.41, 5.74) is 2.70. The van der Waals surface area contributed by atoms with E-state index in [0.717, 1.165) is 41.2 Å². The van der Waals surface area contributed by atoms with Gasteiger partial charge in [-0.25, -0.2) is 9.97 Å². The van der Waals surface area contributed by atoms with Crippen molar-refractivity contribution in [2.75, 3.05) is 13.7 Å². The van der Waals surface area contributed by atoms with E-state index in [2.05, 4.69) is 4.98 Å². The Hall–Kier alpha value is -1.84. The Labute approximate surface area is 138 Å². The van der Waals surface area contributed by atoms with Crippen LogP contribution < -0.4 is 9.47 Å². The molecule has 2 aromatic rings. The van der Waals surface area contributed by atoms with Crippen molar-refractivity contribution < 1.29 is 9.47 Å². The van der Waals surface area contributed by atoms with E-state index in [9.17, 15) is 0 Å². The monoisotopic (exact) mass is 314 g/mol. The molecule has 124 valence electrons. The van der Waals surface area contributed by atoms with Crippen molar-refractivity contribution in [1.82, 2.24) is 9.97 Å². The number of unbranched alkanes of at least 4 members (excludes halogenated alkanes) is 2. The van der Waals surface area contributed by atoms with Crippen molar-refractivity contribution in [3.8, 4) is 11.6 Å². The molecule has 1 heterocycles. The van der Waals surface area contributed by atoms with Crippen LogP contribution in [0, 0.1) is 5.92 Å². The third-order valence-corrected chi connectivity index (χ3v) is 4.40. The topological polar surface area (TPSA) is 44.2 Å². The Kier molecular flexibility index (Phi) is 5.31. The smallest absolute Gasteiger partial charge is 0.235 e. The highest BCUT2D eigenvalue weighted by Gasteiger charge is 2.20. The lowest BCUT2D eigenvalue weighted by atomic mass is 10.1. The molecule has 0 amide bonds. The summed E-state index contributed by atoms with van der Waals surface area (Å²) in [5, 5.41) is 0. The standard InChI is InChI=1S/C19H26N2O2/c1-3-23-15-11-12-16-18(13-15)21-19(22-2)17(20-16)8-6-4-5-7-14-9-10-14/h11-14H,3-10H2,1-2H3. The predicted octanol–water partition coefficient (Wildman–Crippen LogP) is 4.55. The van der Waals surface area contributed by atoms with Crippen LogP contribution in [0.15, 0.2) is 18.2 Å². The van der Waals surface area contributed by atoms with E-state index >= 15 is 0 Å². The lowest BCUT2D eigenvalue weighted by Gasteiger charge is -2.10. The maximum atomic E-state index is 5.53. The van der Waals surface area contributed by atoms with Gasteiger partial charge in [0.1, 0.15) is 11.4 Å². The Morgan fingerprint density at radius 3 is 2.70 bits per heavy atom. The average Bonchev–Trinajstić information content (AvgIpc) is 3.38. The van der Waals surface area contributed by atoms with Gasteiger partial charge in [-0.3, -0.25) is 0 Å². The van der Waals surface area contributed by atoms with Crippen LogP contribution in [0.3, 0.4) is 0 Å². The lowest BCUT2D eigenvalue weighted by molar-refractivity contribution is 0.340. The second kappa shape index (κ2) is 7.62. The number of benzene rings is 1. The van der Waals surface area contributed by atoms with Crippen LogP contribution in [0.1, 0.15) is 51.1 Å². The third kappa shape index (κ3) is 4.34. The predicted molar refractivity (Wildman–Crippen MR) is 92.2 cm³/mol. The normalized spacial score (nSPS) is 14.2. The van der Waals surface area contributed by atoms with Gasteiger partial charge in [0, 0.05) is 6.07 Å². The zero-order chi connectivity index (χ0) is 16.1. The summed E-state index contributed by atoms with van der Waals surface area (Å²) in [4.78, 5) is 9.36. The number of hydrogen-bond acceptors (Lipinski definition) is 4. The zero-order valence-electron chi connectivity index (χ0n) is 14.2. The van der Waals surface area contributed by atoms with E-state index in [1.165, 1.54) is 32.1 Å². The summed E-state index contributed by atoms with van der Waals surface area (Å²) in [6.45, 7) is 2.62. The maximum Gasteiger partial charge on any atom is 0.235 e. The minimum atomic E-state index is 0.647. The summed E-state index contributed by atoms with van der Waals surface area (Å²) in [7, 11) is 1.67. The summed E-state index contributed by atoms with van der Waals surface area (Å²) < 4.78 is 11.0. The molecule has 3 rings (SSSR count). The number of methoxy groups -OCH3 is 1. The first-order valence-electron chi connectivity index (χ1n) is 8.77. The number of hydrogen-bond donors (Lipinski definition) is 0. The molecule has 23 heavy (non-hydrogen) atoms. The number of aromatic nitrogens is 2. The molecule has 4 heteroatoms. The molecule has 1 aromatic carbocycles. The van der Waals surface area contributed by atoms with Crippen LogP contribution in [0.2, 0.25) is 0 Å². The second-order valence-electron chi connectivity index (χ2n) is 6.31. The van der Waals surface area contributed by atoms with E-state index in [1.807, 2.05) is 25.1 Å². The summed E-state index contributed by atoms with van der Waals surface area (Å²) >= 11 is 0. The molecular weight excluding hydrogens is 288 g/mol. The Balaban J connectivity index is 1.66. The minimum absolute atomic E-state index is 0.647. The Morgan fingerprint density at radius 1 is 1.09 bits per heavy atom. The molecule has 0 bridgehead atoms. The van der Waals surface area contributed by atoms with E-state index < -0.39 is 0 Å². The highest BCUT2D eigenvalue weighted by Crippen LogP contribution is 2.34.